The van der Waals surface area contributed by atoms with E-state index in [1.165, 1.54) is 0 Å². The van der Waals surface area contributed by atoms with E-state index in [4.69, 9.17) is 5.11 Å². The molecule has 0 fully saturated rings. The van der Waals surface area contributed by atoms with Gasteiger partial charge in [0.25, 0.3) is 0 Å². The highest BCUT2D eigenvalue weighted by Crippen LogP contribution is 2.04. The van der Waals surface area contributed by atoms with Gasteiger partial charge in [-0.3, -0.25) is 4.68 Å². The molecule has 1 aromatic rings. The molecule has 0 aliphatic rings. The number of hydrogen-bond acceptors (Lipinski definition) is 2. The molecule has 0 amide bonds. The molecule has 0 spiro atoms. The Morgan fingerprint density at radius 1 is 1.77 bits per heavy atom. The van der Waals surface area contributed by atoms with Crippen molar-refractivity contribution < 1.29 is 9.90 Å². The van der Waals surface area contributed by atoms with Crippen LogP contribution in [-0.4, -0.2) is 20.9 Å². The number of carboxylic acids is 1. The lowest BCUT2D eigenvalue weighted by atomic mass is 10.2. The molecule has 0 saturated heterocycles. The van der Waals surface area contributed by atoms with Gasteiger partial charge in [-0.1, -0.05) is 5.92 Å². The Kier molecular flexibility index (Phi) is 2.70. The van der Waals surface area contributed by atoms with Gasteiger partial charge in [0.1, 0.15) is 0 Å². The van der Waals surface area contributed by atoms with Gasteiger partial charge in [-0.05, 0) is 13.8 Å². The normalized spacial score (nSPS) is 9.08. The number of carboxylic acid groups (broad SMARTS) is 1. The third-order valence-corrected chi connectivity index (χ3v) is 1.71. The number of aryl methyl sites for hydroxylation is 1. The molecule has 0 unspecified atom stereocenters. The minimum absolute atomic E-state index is 0.671. The Balaban J connectivity index is 2.99. The van der Waals surface area contributed by atoms with E-state index in [1.807, 2.05) is 13.8 Å². The maximum absolute atomic E-state index is 10.2. The number of aliphatic carboxylic acids is 1. The minimum atomic E-state index is -1.12. The molecule has 1 aromatic heterocycles. The zero-order chi connectivity index (χ0) is 9.84. The predicted molar refractivity (Wildman–Crippen MR) is 47.2 cm³/mol. The van der Waals surface area contributed by atoms with Crippen molar-refractivity contribution in [1.29, 1.82) is 0 Å². The molecule has 0 bridgehead atoms. The number of aromatic nitrogens is 2. The van der Waals surface area contributed by atoms with Crippen molar-refractivity contribution in [2.45, 2.75) is 20.4 Å². The van der Waals surface area contributed by atoms with E-state index in [9.17, 15) is 4.79 Å². The monoisotopic (exact) mass is 178 g/mol. The first-order chi connectivity index (χ1) is 6.15. The quantitative estimate of drug-likeness (QED) is 0.642. The lowest BCUT2D eigenvalue weighted by Crippen LogP contribution is -1.98. The van der Waals surface area contributed by atoms with Gasteiger partial charge in [-0.2, -0.15) is 5.10 Å². The molecule has 4 heteroatoms. The largest absolute Gasteiger partial charge is 0.472 e. The van der Waals surface area contributed by atoms with Crippen LogP contribution in [0.5, 0.6) is 0 Å². The van der Waals surface area contributed by atoms with Crippen molar-refractivity contribution in [3.05, 3.63) is 17.5 Å². The van der Waals surface area contributed by atoms with Gasteiger partial charge in [0.05, 0.1) is 17.5 Å². The molecule has 1 heterocycles. The smallest absolute Gasteiger partial charge is 0.382 e. The van der Waals surface area contributed by atoms with Crippen molar-refractivity contribution in [2.75, 3.05) is 0 Å². The number of nitrogens with zero attached hydrogens (tertiary/aromatic N) is 2. The molecule has 0 aliphatic heterocycles. The topological polar surface area (TPSA) is 55.1 Å². The van der Waals surface area contributed by atoms with E-state index in [2.05, 4.69) is 16.9 Å². The first kappa shape index (κ1) is 9.33. The van der Waals surface area contributed by atoms with Crippen LogP contribution in [-0.2, 0) is 11.3 Å². The van der Waals surface area contributed by atoms with Crippen molar-refractivity contribution in [3.8, 4) is 11.8 Å². The van der Waals surface area contributed by atoms with E-state index in [0.717, 1.165) is 12.2 Å². The summed E-state index contributed by atoms with van der Waals surface area (Å²) in [4.78, 5) is 10.2. The zero-order valence-corrected chi connectivity index (χ0v) is 7.53. The molecule has 0 aliphatic carbocycles. The lowest BCUT2D eigenvalue weighted by molar-refractivity contribution is -0.130. The van der Waals surface area contributed by atoms with Crippen LogP contribution in [0.2, 0.25) is 0 Å². The van der Waals surface area contributed by atoms with Crippen molar-refractivity contribution in [3.63, 3.8) is 0 Å². The van der Waals surface area contributed by atoms with E-state index < -0.39 is 5.97 Å². The molecular weight excluding hydrogens is 168 g/mol. The summed E-state index contributed by atoms with van der Waals surface area (Å²) in [5.74, 6) is 3.47. The summed E-state index contributed by atoms with van der Waals surface area (Å²) in [5, 5.41) is 12.4. The second-order valence-corrected chi connectivity index (χ2v) is 2.51. The highest BCUT2D eigenvalue weighted by atomic mass is 16.4. The number of carbonyl (C=O) groups is 1. The fraction of sp³-hybridized carbons (Fsp3) is 0.333. The van der Waals surface area contributed by atoms with Crippen LogP contribution in [0.3, 0.4) is 0 Å². The van der Waals surface area contributed by atoms with Crippen LogP contribution >= 0.6 is 0 Å². The molecule has 1 rings (SSSR count). The summed E-state index contributed by atoms with van der Waals surface area (Å²) in [6.07, 6.45) is 1.58. The molecule has 0 radical (unpaired) electrons. The Bertz CT molecular complexity index is 382. The SMILES string of the molecule is CCn1ncc(C#CC(=O)O)c1C. The summed E-state index contributed by atoms with van der Waals surface area (Å²) >= 11 is 0. The third kappa shape index (κ3) is 2.09. The third-order valence-electron chi connectivity index (χ3n) is 1.71. The van der Waals surface area contributed by atoms with Gasteiger partial charge in [0.15, 0.2) is 0 Å². The van der Waals surface area contributed by atoms with Crippen LogP contribution < -0.4 is 0 Å². The molecule has 0 aromatic carbocycles. The summed E-state index contributed by atoms with van der Waals surface area (Å²) in [6.45, 7) is 4.59. The molecular formula is C9H10N2O2. The van der Waals surface area contributed by atoms with E-state index in [-0.39, 0.29) is 0 Å². The zero-order valence-electron chi connectivity index (χ0n) is 7.53. The average Bonchev–Trinajstić information content (AvgIpc) is 2.43. The predicted octanol–water partition coefficient (Wildman–Crippen LogP) is 0.648. The summed E-state index contributed by atoms with van der Waals surface area (Å²) in [5.41, 5.74) is 1.57. The number of rotatable bonds is 1. The van der Waals surface area contributed by atoms with E-state index >= 15 is 0 Å². The highest BCUT2D eigenvalue weighted by Gasteiger charge is 2.01. The van der Waals surface area contributed by atoms with Crippen LogP contribution in [0.4, 0.5) is 0 Å². The van der Waals surface area contributed by atoms with Gasteiger partial charge in [-0.25, -0.2) is 4.79 Å². The summed E-state index contributed by atoms with van der Waals surface area (Å²) < 4.78 is 1.77. The molecule has 1 N–H and O–H groups in total. The fourth-order valence-electron chi connectivity index (χ4n) is 1.01. The van der Waals surface area contributed by atoms with Gasteiger partial charge in [0.2, 0.25) is 0 Å². The standard InChI is InChI=1S/C9H10N2O2/c1-3-11-7(2)8(6-10-11)4-5-9(12)13/h6H,3H2,1-2H3,(H,12,13). The molecule has 68 valence electrons. The molecule has 0 atom stereocenters. The summed E-state index contributed by atoms with van der Waals surface area (Å²) in [7, 11) is 0. The number of hydrogen-bond donors (Lipinski definition) is 1. The van der Waals surface area contributed by atoms with Crippen LogP contribution in [0.25, 0.3) is 0 Å². The van der Waals surface area contributed by atoms with Crippen LogP contribution in [0.15, 0.2) is 6.20 Å². The lowest BCUT2D eigenvalue weighted by Gasteiger charge is -1.96. The Morgan fingerprint density at radius 2 is 2.46 bits per heavy atom. The van der Waals surface area contributed by atoms with E-state index in [1.54, 1.807) is 10.9 Å². The minimum Gasteiger partial charge on any atom is -0.472 e. The maximum atomic E-state index is 10.2. The maximum Gasteiger partial charge on any atom is 0.382 e. The molecule has 13 heavy (non-hydrogen) atoms. The molecule has 4 nitrogen and oxygen atoms in total. The van der Waals surface area contributed by atoms with Gasteiger partial charge in [-0.15, -0.1) is 0 Å². The van der Waals surface area contributed by atoms with Crippen molar-refractivity contribution in [2.24, 2.45) is 0 Å². The van der Waals surface area contributed by atoms with Gasteiger partial charge in [0, 0.05) is 12.5 Å². The van der Waals surface area contributed by atoms with Crippen LogP contribution in [0.1, 0.15) is 18.2 Å². The van der Waals surface area contributed by atoms with Crippen LogP contribution in [0, 0.1) is 18.8 Å². The molecule has 0 saturated carbocycles. The highest BCUT2D eigenvalue weighted by molar-refractivity contribution is 5.87. The van der Waals surface area contributed by atoms with Crippen molar-refractivity contribution in [1.82, 2.24) is 9.78 Å². The van der Waals surface area contributed by atoms with Gasteiger partial charge < -0.3 is 5.11 Å². The average molecular weight is 178 g/mol. The van der Waals surface area contributed by atoms with Gasteiger partial charge >= 0.3 is 5.97 Å². The van der Waals surface area contributed by atoms with E-state index in [0.29, 0.717) is 5.56 Å². The fourth-order valence-corrected chi connectivity index (χ4v) is 1.01. The summed E-state index contributed by atoms with van der Waals surface area (Å²) in [6, 6.07) is 0. The Hall–Kier alpha value is -1.76. The first-order valence-corrected chi connectivity index (χ1v) is 3.92. The first-order valence-electron chi connectivity index (χ1n) is 3.92. The Labute approximate surface area is 76.2 Å². The van der Waals surface area contributed by atoms with Crippen molar-refractivity contribution >= 4 is 5.97 Å². The second kappa shape index (κ2) is 3.76. The second-order valence-electron chi connectivity index (χ2n) is 2.51. The Morgan fingerprint density at radius 3 is 2.92 bits per heavy atom.